The Labute approximate surface area is 120 Å². The molecule has 114 valence electrons. The Morgan fingerprint density at radius 1 is 1.15 bits per heavy atom. The number of amides is 2. The molecule has 3 atom stereocenters. The summed E-state index contributed by atoms with van der Waals surface area (Å²) in [5.41, 5.74) is 0. The Morgan fingerprint density at radius 2 is 1.90 bits per heavy atom. The van der Waals surface area contributed by atoms with Crippen LogP contribution in [0.25, 0.3) is 0 Å². The van der Waals surface area contributed by atoms with Gasteiger partial charge in [0.05, 0.1) is 0 Å². The van der Waals surface area contributed by atoms with Gasteiger partial charge < -0.3 is 14.9 Å². The molecule has 2 fully saturated rings. The molecule has 2 amide bonds. The third-order valence-corrected chi connectivity index (χ3v) is 4.76. The highest BCUT2D eigenvalue weighted by molar-refractivity contribution is 5.83. The lowest BCUT2D eigenvalue weighted by Gasteiger charge is -2.36. The van der Waals surface area contributed by atoms with Gasteiger partial charge in [-0.3, -0.25) is 0 Å². The molecule has 0 aromatic rings. The molecular formula is C15H26N2O3. The first-order chi connectivity index (χ1) is 9.56. The number of urea groups is 1. The molecule has 0 spiro atoms. The minimum atomic E-state index is -0.861. The summed E-state index contributed by atoms with van der Waals surface area (Å²) in [5.74, 6) is -0.861. The molecule has 0 bridgehead atoms. The van der Waals surface area contributed by atoms with Gasteiger partial charge in [-0.1, -0.05) is 19.8 Å². The van der Waals surface area contributed by atoms with E-state index in [1.807, 2.05) is 4.90 Å². The standard InChI is InChI=1S/C15H26N2O3/c1-3-12-9-8-11(2)17(12)15(20)16-10-6-4-5-7-13(16)14(18)19/h11-13H,3-10H2,1-2H3,(H,18,19). The van der Waals surface area contributed by atoms with E-state index in [9.17, 15) is 14.7 Å². The third kappa shape index (κ3) is 2.91. The highest BCUT2D eigenvalue weighted by Gasteiger charge is 2.39. The van der Waals surface area contributed by atoms with Crippen LogP contribution in [0.15, 0.2) is 0 Å². The van der Waals surface area contributed by atoms with Crippen LogP contribution in [0.1, 0.15) is 58.8 Å². The van der Waals surface area contributed by atoms with Gasteiger partial charge in [-0.2, -0.15) is 0 Å². The zero-order chi connectivity index (χ0) is 14.7. The van der Waals surface area contributed by atoms with Gasteiger partial charge in [0.15, 0.2) is 0 Å². The number of hydrogen-bond acceptors (Lipinski definition) is 2. The molecule has 2 heterocycles. The fraction of sp³-hybridized carbons (Fsp3) is 0.867. The number of rotatable bonds is 2. The van der Waals surface area contributed by atoms with Gasteiger partial charge in [0.2, 0.25) is 0 Å². The van der Waals surface area contributed by atoms with Crippen LogP contribution in [0.2, 0.25) is 0 Å². The highest BCUT2D eigenvalue weighted by Crippen LogP contribution is 2.29. The summed E-state index contributed by atoms with van der Waals surface area (Å²) in [7, 11) is 0. The van der Waals surface area contributed by atoms with Gasteiger partial charge in [-0.05, 0) is 39.0 Å². The van der Waals surface area contributed by atoms with Crippen molar-refractivity contribution in [1.82, 2.24) is 9.80 Å². The molecule has 5 heteroatoms. The molecule has 1 N–H and O–H groups in total. The van der Waals surface area contributed by atoms with Crippen molar-refractivity contribution in [2.75, 3.05) is 6.54 Å². The molecule has 0 aliphatic carbocycles. The maximum Gasteiger partial charge on any atom is 0.326 e. The third-order valence-electron chi connectivity index (χ3n) is 4.76. The van der Waals surface area contributed by atoms with Gasteiger partial charge in [0.1, 0.15) is 6.04 Å². The quantitative estimate of drug-likeness (QED) is 0.847. The molecule has 2 saturated heterocycles. The van der Waals surface area contributed by atoms with Crippen LogP contribution in [-0.2, 0) is 4.79 Å². The summed E-state index contributed by atoms with van der Waals surface area (Å²) < 4.78 is 0. The fourth-order valence-electron chi connectivity index (χ4n) is 3.56. The number of nitrogens with zero attached hydrogens (tertiary/aromatic N) is 2. The Bertz CT molecular complexity index is 372. The van der Waals surface area contributed by atoms with E-state index in [1.54, 1.807) is 4.90 Å². The Kier molecular flexibility index (Phi) is 4.89. The zero-order valence-corrected chi connectivity index (χ0v) is 12.5. The number of carboxylic acid groups (broad SMARTS) is 1. The topological polar surface area (TPSA) is 60.9 Å². The van der Waals surface area contributed by atoms with Gasteiger partial charge in [0.25, 0.3) is 0 Å². The fourth-order valence-corrected chi connectivity index (χ4v) is 3.56. The molecule has 0 aromatic heterocycles. The zero-order valence-electron chi connectivity index (χ0n) is 12.5. The Balaban J connectivity index is 2.17. The molecule has 2 aliphatic heterocycles. The maximum absolute atomic E-state index is 12.8. The number of carbonyl (C=O) groups excluding carboxylic acids is 1. The SMILES string of the molecule is CCC1CCC(C)N1C(=O)N1CCCCCC1C(=O)O. The van der Waals surface area contributed by atoms with Crippen LogP contribution in [-0.4, -0.2) is 51.6 Å². The minimum absolute atomic E-state index is 0.0591. The van der Waals surface area contributed by atoms with Crippen molar-refractivity contribution in [1.29, 1.82) is 0 Å². The van der Waals surface area contributed by atoms with Crippen LogP contribution in [0.5, 0.6) is 0 Å². The van der Waals surface area contributed by atoms with E-state index in [-0.39, 0.29) is 18.1 Å². The first-order valence-electron chi connectivity index (χ1n) is 7.88. The molecule has 0 saturated carbocycles. The van der Waals surface area contributed by atoms with E-state index in [4.69, 9.17) is 0 Å². The van der Waals surface area contributed by atoms with Crippen molar-refractivity contribution in [3.63, 3.8) is 0 Å². The maximum atomic E-state index is 12.8. The normalized spacial score (nSPS) is 31.2. The summed E-state index contributed by atoms with van der Waals surface area (Å²) in [6, 6.07) is -0.202. The van der Waals surface area contributed by atoms with Gasteiger partial charge in [-0.25, -0.2) is 9.59 Å². The van der Waals surface area contributed by atoms with Crippen molar-refractivity contribution in [2.45, 2.75) is 76.9 Å². The number of likely N-dealkylation sites (tertiary alicyclic amines) is 2. The van der Waals surface area contributed by atoms with E-state index in [2.05, 4.69) is 13.8 Å². The molecule has 0 radical (unpaired) electrons. The van der Waals surface area contributed by atoms with Crippen molar-refractivity contribution in [3.05, 3.63) is 0 Å². The lowest BCUT2D eigenvalue weighted by Crippen LogP contribution is -2.53. The van der Waals surface area contributed by atoms with Gasteiger partial charge in [0, 0.05) is 18.6 Å². The highest BCUT2D eigenvalue weighted by atomic mass is 16.4. The van der Waals surface area contributed by atoms with Crippen LogP contribution in [0, 0.1) is 0 Å². The van der Waals surface area contributed by atoms with Crippen LogP contribution in [0.3, 0.4) is 0 Å². The molecule has 5 nitrogen and oxygen atoms in total. The summed E-state index contributed by atoms with van der Waals surface area (Å²) >= 11 is 0. The minimum Gasteiger partial charge on any atom is -0.480 e. The van der Waals surface area contributed by atoms with Crippen molar-refractivity contribution < 1.29 is 14.7 Å². The Hall–Kier alpha value is -1.26. The average molecular weight is 282 g/mol. The van der Waals surface area contributed by atoms with Crippen molar-refractivity contribution in [3.8, 4) is 0 Å². The largest absolute Gasteiger partial charge is 0.480 e. The summed E-state index contributed by atoms with van der Waals surface area (Å²) in [4.78, 5) is 27.8. The van der Waals surface area contributed by atoms with E-state index in [0.29, 0.717) is 13.0 Å². The average Bonchev–Trinajstić information content (AvgIpc) is 2.64. The number of aliphatic carboxylic acids is 1. The van der Waals surface area contributed by atoms with Crippen molar-refractivity contribution >= 4 is 12.0 Å². The molecule has 3 unspecified atom stereocenters. The second-order valence-corrected chi connectivity index (χ2v) is 6.08. The summed E-state index contributed by atoms with van der Waals surface area (Å²) in [6.45, 7) is 4.75. The lowest BCUT2D eigenvalue weighted by atomic mass is 10.1. The second kappa shape index (κ2) is 6.46. The monoisotopic (exact) mass is 282 g/mol. The van der Waals surface area contributed by atoms with Crippen molar-refractivity contribution in [2.24, 2.45) is 0 Å². The Morgan fingerprint density at radius 3 is 2.55 bits per heavy atom. The first kappa shape index (κ1) is 15.1. The molecular weight excluding hydrogens is 256 g/mol. The van der Waals surface area contributed by atoms with E-state index < -0.39 is 12.0 Å². The summed E-state index contributed by atoms with van der Waals surface area (Å²) in [6.07, 6.45) is 6.41. The molecule has 2 rings (SSSR count). The first-order valence-corrected chi connectivity index (χ1v) is 7.88. The second-order valence-electron chi connectivity index (χ2n) is 6.08. The van der Waals surface area contributed by atoms with Crippen LogP contribution < -0.4 is 0 Å². The van der Waals surface area contributed by atoms with Crippen LogP contribution in [0.4, 0.5) is 4.79 Å². The molecule has 0 aromatic carbocycles. The number of carbonyl (C=O) groups is 2. The van der Waals surface area contributed by atoms with E-state index in [1.165, 1.54) is 0 Å². The number of carboxylic acids is 1. The smallest absolute Gasteiger partial charge is 0.326 e. The predicted molar refractivity (Wildman–Crippen MR) is 76.6 cm³/mol. The van der Waals surface area contributed by atoms with Crippen LogP contribution >= 0.6 is 0 Å². The van der Waals surface area contributed by atoms with E-state index >= 15 is 0 Å². The van der Waals surface area contributed by atoms with Gasteiger partial charge >= 0.3 is 12.0 Å². The lowest BCUT2D eigenvalue weighted by molar-refractivity contribution is -0.142. The number of hydrogen-bond donors (Lipinski definition) is 1. The van der Waals surface area contributed by atoms with E-state index in [0.717, 1.165) is 38.5 Å². The summed E-state index contributed by atoms with van der Waals surface area (Å²) in [5, 5.41) is 9.40. The van der Waals surface area contributed by atoms with Gasteiger partial charge in [-0.15, -0.1) is 0 Å². The molecule has 20 heavy (non-hydrogen) atoms. The molecule has 2 aliphatic rings. The predicted octanol–water partition coefficient (Wildman–Crippen LogP) is 2.70.